The Morgan fingerprint density at radius 3 is 2.42 bits per heavy atom. The van der Waals surface area contributed by atoms with Crippen molar-refractivity contribution in [3.8, 4) is 0 Å². The number of carbonyl (C=O) groups is 1. The lowest BCUT2D eigenvalue weighted by molar-refractivity contribution is -0.134. The molecule has 1 amide bonds. The Kier molecular flexibility index (Phi) is 5.22. The topological polar surface area (TPSA) is 26.8 Å². The summed E-state index contributed by atoms with van der Waals surface area (Å²) in [6.07, 6.45) is 4.81. The van der Waals surface area contributed by atoms with Gasteiger partial charge in [-0.15, -0.1) is 0 Å². The second kappa shape index (κ2) is 6.71. The molecule has 0 aromatic carbocycles. The highest BCUT2D eigenvalue weighted by Crippen LogP contribution is 2.17. The molecule has 0 saturated carbocycles. The molecule has 2 saturated heterocycles. The summed E-state index contributed by atoms with van der Waals surface area (Å²) in [5, 5.41) is 0. The molecule has 0 aromatic heterocycles. The smallest absolute Gasteiger partial charge is 0.236 e. The van der Waals surface area contributed by atoms with Gasteiger partial charge in [-0.05, 0) is 52.2 Å². The van der Waals surface area contributed by atoms with E-state index in [1.54, 1.807) is 0 Å². The molecule has 2 fully saturated rings. The van der Waals surface area contributed by atoms with Gasteiger partial charge in [0, 0.05) is 25.7 Å². The molecule has 0 spiro atoms. The van der Waals surface area contributed by atoms with E-state index >= 15 is 0 Å². The Balaban J connectivity index is 1.75. The third kappa shape index (κ3) is 4.18. The van der Waals surface area contributed by atoms with Gasteiger partial charge >= 0.3 is 0 Å². The maximum Gasteiger partial charge on any atom is 0.236 e. The summed E-state index contributed by atoms with van der Waals surface area (Å²) in [5.41, 5.74) is 0. The fourth-order valence-corrected chi connectivity index (χ4v) is 3.35. The van der Waals surface area contributed by atoms with E-state index < -0.39 is 0 Å². The molecule has 1 unspecified atom stereocenters. The largest absolute Gasteiger partial charge is 0.341 e. The van der Waals surface area contributed by atoms with E-state index in [1.165, 1.54) is 12.8 Å². The first kappa shape index (κ1) is 14.8. The van der Waals surface area contributed by atoms with Crippen molar-refractivity contribution < 1.29 is 4.79 Å². The van der Waals surface area contributed by atoms with Gasteiger partial charge in [0.05, 0.1) is 6.54 Å². The maximum atomic E-state index is 12.3. The lowest BCUT2D eigenvalue weighted by atomic mass is 10.00. The summed E-state index contributed by atoms with van der Waals surface area (Å²) in [4.78, 5) is 19.0. The highest BCUT2D eigenvalue weighted by molar-refractivity contribution is 5.78. The third-order valence-corrected chi connectivity index (χ3v) is 4.65. The van der Waals surface area contributed by atoms with Crippen molar-refractivity contribution in [2.75, 3.05) is 46.8 Å². The van der Waals surface area contributed by atoms with Crippen molar-refractivity contribution in [3.63, 3.8) is 0 Å². The van der Waals surface area contributed by atoms with Gasteiger partial charge in [0.1, 0.15) is 0 Å². The van der Waals surface area contributed by atoms with E-state index in [9.17, 15) is 4.79 Å². The molecule has 4 nitrogen and oxygen atoms in total. The molecule has 0 radical (unpaired) electrons. The van der Waals surface area contributed by atoms with Crippen LogP contribution in [0.2, 0.25) is 0 Å². The zero-order chi connectivity index (χ0) is 13.8. The molecule has 4 heteroatoms. The second-order valence-electron chi connectivity index (χ2n) is 6.56. The minimum absolute atomic E-state index is 0.339. The standard InChI is InChI=1S/C15H29N3O/c1-13-5-4-8-17(11-13)12-15(19)18-9-6-14(7-10-18)16(2)3/h13-14H,4-12H2,1-3H3. The van der Waals surface area contributed by atoms with Crippen LogP contribution in [0.25, 0.3) is 0 Å². The van der Waals surface area contributed by atoms with Gasteiger partial charge < -0.3 is 9.80 Å². The fraction of sp³-hybridized carbons (Fsp3) is 0.933. The number of hydrogen-bond acceptors (Lipinski definition) is 3. The van der Waals surface area contributed by atoms with Crippen LogP contribution in [0, 0.1) is 5.92 Å². The van der Waals surface area contributed by atoms with Crippen molar-refractivity contribution in [2.24, 2.45) is 5.92 Å². The van der Waals surface area contributed by atoms with E-state index in [0.29, 0.717) is 18.5 Å². The van der Waals surface area contributed by atoms with Crippen LogP contribution in [-0.4, -0.2) is 73.5 Å². The summed E-state index contributed by atoms with van der Waals surface area (Å²) in [7, 11) is 4.27. The Bertz CT molecular complexity index is 298. The van der Waals surface area contributed by atoms with Crippen molar-refractivity contribution in [1.82, 2.24) is 14.7 Å². The minimum Gasteiger partial charge on any atom is -0.341 e. The molecule has 2 rings (SSSR count). The molecule has 19 heavy (non-hydrogen) atoms. The summed E-state index contributed by atoms with van der Waals surface area (Å²) in [6.45, 7) is 7.00. The SMILES string of the molecule is CC1CCCN(CC(=O)N2CCC(N(C)C)CC2)C1. The van der Waals surface area contributed by atoms with Crippen molar-refractivity contribution in [1.29, 1.82) is 0 Å². The molecular formula is C15H29N3O. The first-order valence-corrected chi connectivity index (χ1v) is 7.73. The fourth-order valence-electron chi connectivity index (χ4n) is 3.35. The predicted molar refractivity (Wildman–Crippen MR) is 78.1 cm³/mol. The number of amides is 1. The molecule has 2 heterocycles. The quantitative estimate of drug-likeness (QED) is 0.770. The Morgan fingerprint density at radius 2 is 1.84 bits per heavy atom. The molecule has 2 aliphatic heterocycles. The average molecular weight is 267 g/mol. The van der Waals surface area contributed by atoms with Crippen LogP contribution in [0.4, 0.5) is 0 Å². The molecule has 2 aliphatic rings. The van der Waals surface area contributed by atoms with Crippen molar-refractivity contribution in [3.05, 3.63) is 0 Å². The summed E-state index contributed by atoms with van der Waals surface area (Å²) >= 11 is 0. The maximum absolute atomic E-state index is 12.3. The molecule has 0 bridgehead atoms. The number of rotatable bonds is 3. The number of likely N-dealkylation sites (tertiary alicyclic amines) is 2. The van der Waals surface area contributed by atoms with Crippen molar-refractivity contribution in [2.45, 2.75) is 38.6 Å². The van der Waals surface area contributed by atoms with Crippen LogP contribution in [0.15, 0.2) is 0 Å². The van der Waals surface area contributed by atoms with Crippen molar-refractivity contribution >= 4 is 5.91 Å². The van der Waals surface area contributed by atoms with Crippen LogP contribution in [0.1, 0.15) is 32.6 Å². The minimum atomic E-state index is 0.339. The number of piperidine rings is 2. The molecule has 0 aliphatic carbocycles. The molecule has 0 N–H and O–H groups in total. The van der Waals surface area contributed by atoms with Gasteiger partial charge in [-0.2, -0.15) is 0 Å². The monoisotopic (exact) mass is 267 g/mol. The van der Waals surface area contributed by atoms with E-state index in [4.69, 9.17) is 0 Å². The number of carbonyl (C=O) groups excluding carboxylic acids is 1. The highest BCUT2D eigenvalue weighted by Gasteiger charge is 2.26. The van der Waals surface area contributed by atoms with Gasteiger partial charge in [-0.25, -0.2) is 0 Å². The summed E-state index contributed by atoms with van der Waals surface area (Å²) in [5.74, 6) is 1.09. The van der Waals surface area contributed by atoms with Crippen LogP contribution in [0.5, 0.6) is 0 Å². The Hall–Kier alpha value is -0.610. The molecule has 110 valence electrons. The van der Waals surface area contributed by atoms with Crippen LogP contribution >= 0.6 is 0 Å². The predicted octanol–water partition coefficient (Wildman–Crippen LogP) is 1.27. The van der Waals surface area contributed by atoms with E-state index in [-0.39, 0.29) is 0 Å². The zero-order valence-electron chi connectivity index (χ0n) is 12.8. The number of hydrogen-bond donors (Lipinski definition) is 0. The first-order chi connectivity index (χ1) is 9.06. The Morgan fingerprint density at radius 1 is 1.16 bits per heavy atom. The van der Waals surface area contributed by atoms with Crippen LogP contribution < -0.4 is 0 Å². The highest BCUT2D eigenvalue weighted by atomic mass is 16.2. The Labute approximate surface area is 117 Å². The normalized spacial score (nSPS) is 26.9. The van der Waals surface area contributed by atoms with Crippen LogP contribution in [0.3, 0.4) is 0 Å². The molecule has 1 atom stereocenters. The first-order valence-electron chi connectivity index (χ1n) is 7.73. The van der Waals surface area contributed by atoms with E-state index in [0.717, 1.165) is 44.9 Å². The van der Waals surface area contributed by atoms with E-state index in [1.807, 2.05) is 0 Å². The molecule has 0 aromatic rings. The third-order valence-electron chi connectivity index (χ3n) is 4.65. The zero-order valence-corrected chi connectivity index (χ0v) is 12.8. The summed E-state index contributed by atoms with van der Waals surface area (Å²) < 4.78 is 0. The van der Waals surface area contributed by atoms with Gasteiger partial charge in [0.15, 0.2) is 0 Å². The second-order valence-corrected chi connectivity index (χ2v) is 6.56. The van der Waals surface area contributed by atoms with Gasteiger partial charge in [-0.1, -0.05) is 6.92 Å². The lowest BCUT2D eigenvalue weighted by Crippen LogP contribution is -2.48. The lowest BCUT2D eigenvalue weighted by Gasteiger charge is -2.37. The van der Waals surface area contributed by atoms with Gasteiger partial charge in [0.2, 0.25) is 5.91 Å². The number of nitrogens with zero attached hydrogens (tertiary/aromatic N) is 3. The summed E-state index contributed by atoms with van der Waals surface area (Å²) in [6, 6.07) is 0.652. The van der Waals surface area contributed by atoms with E-state index in [2.05, 4.69) is 35.7 Å². The van der Waals surface area contributed by atoms with Gasteiger partial charge in [0.25, 0.3) is 0 Å². The average Bonchev–Trinajstić information content (AvgIpc) is 2.39. The van der Waals surface area contributed by atoms with Gasteiger partial charge in [-0.3, -0.25) is 9.69 Å². The van der Waals surface area contributed by atoms with Crippen LogP contribution in [-0.2, 0) is 4.79 Å². The molecular weight excluding hydrogens is 238 g/mol.